The highest BCUT2D eigenvalue weighted by Gasteiger charge is 2.18. The van der Waals surface area contributed by atoms with E-state index in [1.165, 1.54) is 51.5 Å². The molecule has 2 aliphatic rings. The van der Waals surface area contributed by atoms with Crippen LogP contribution in [0, 0.1) is 0 Å². The Bertz CT molecular complexity index is 196. The van der Waals surface area contributed by atoms with Gasteiger partial charge in [-0.05, 0) is 45.6 Å². The summed E-state index contributed by atoms with van der Waals surface area (Å²) in [7, 11) is 0. The highest BCUT2D eigenvalue weighted by atomic mass is 16.5. The van der Waals surface area contributed by atoms with E-state index in [1.807, 2.05) is 0 Å². The molecule has 100 valence electrons. The molecule has 2 aliphatic heterocycles. The van der Waals surface area contributed by atoms with Crippen molar-refractivity contribution in [2.45, 2.75) is 70.1 Å². The monoisotopic (exact) mass is 240 g/mol. The fourth-order valence-corrected chi connectivity index (χ4v) is 2.95. The maximum Gasteiger partial charge on any atom is 0.0700 e. The Morgan fingerprint density at radius 3 is 3.00 bits per heavy atom. The maximum absolute atomic E-state index is 5.64. The summed E-state index contributed by atoms with van der Waals surface area (Å²) < 4.78 is 5.64. The van der Waals surface area contributed by atoms with Crippen molar-refractivity contribution < 1.29 is 4.74 Å². The summed E-state index contributed by atoms with van der Waals surface area (Å²) in [5.74, 6) is 0. The number of hydrogen-bond donors (Lipinski definition) is 2. The van der Waals surface area contributed by atoms with Gasteiger partial charge in [-0.1, -0.05) is 12.8 Å². The maximum atomic E-state index is 5.64. The van der Waals surface area contributed by atoms with Crippen LogP contribution in [0.25, 0.3) is 0 Å². The largest absolute Gasteiger partial charge is 0.377 e. The molecule has 0 radical (unpaired) electrons. The van der Waals surface area contributed by atoms with Gasteiger partial charge in [0.25, 0.3) is 0 Å². The van der Waals surface area contributed by atoms with Crippen LogP contribution < -0.4 is 10.6 Å². The van der Waals surface area contributed by atoms with Gasteiger partial charge in [-0.2, -0.15) is 0 Å². The molecular formula is C14H28N2O. The third-order valence-corrected chi connectivity index (χ3v) is 4.02. The minimum atomic E-state index is 0.472. The van der Waals surface area contributed by atoms with E-state index in [0.717, 1.165) is 19.2 Å². The first kappa shape index (κ1) is 13.3. The summed E-state index contributed by atoms with van der Waals surface area (Å²) in [5, 5.41) is 7.30. The fourth-order valence-electron chi connectivity index (χ4n) is 2.95. The Labute approximate surface area is 106 Å². The Hall–Kier alpha value is -0.120. The minimum absolute atomic E-state index is 0.472. The topological polar surface area (TPSA) is 33.3 Å². The molecule has 17 heavy (non-hydrogen) atoms. The van der Waals surface area contributed by atoms with E-state index >= 15 is 0 Å². The van der Waals surface area contributed by atoms with Crippen molar-refractivity contribution >= 4 is 0 Å². The third kappa shape index (κ3) is 4.94. The molecule has 3 atom stereocenters. The zero-order chi connectivity index (χ0) is 11.9. The zero-order valence-corrected chi connectivity index (χ0v) is 11.2. The lowest BCUT2D eigenvalue weighted by Gasteiger charge is -2.22. The van der Waals surface area contributed by atoms with Gasteiger partial charge in [0.05, 0.1) is 6.10 Å². The normalized spacial score (nSPS) is 32.3. The standard InChI is InChI=1S/C14H28N2O/c1-12(16-11-14-7-5-9-17-14)10-13-6-3-2-4-8-15-13/h12-16H,2-11H2,1H3. The van der Waals surface area contributed by atoms with Crippen LogP contribution in [-0.4, -0.2) is 37.9 Å². The highest BCUT2D eigenvalue weighted by Crippen LogP contribution is 2.14. The zero-order valence-electron chi connectivity index (χ0n) is 11.2. The van der Waals surface area contributed by atoms with Crippen molar-refractivity contribution in [3.63, 3.8) is 0 Å². The predicted octanol–water partition coefficient (Wildman–Crippen LogP) is 2.07. The Morgan fingerprint density at radius 2 is 2.18 bits per heavy atom. The first-order valence-corrected chi connectivity index (χ1v) is 7.43. The van der Waals surface area contributed by atoms with E-state index in [2.05, 4.69) is 17.6 Å². The van der Waals surface area contributed by atoms with E-state index in [0.29, 0.717) is 12.1 Å². The van der Waals surface area contributed by atoms with Crippen LogP contribution in [0.2, 0.25) is 0 Å². The first-order chi connectivity index (χ1) is 8.34. The van der Waals surface area contributed by atoms with Crippen LogP contribution in [0.1, 0.15) is 51.9 Å². The van der Waals surface area contributed by atoms with Gasteiger partial charge in [-0.15, -0.1) is 0 Å². The smallest absolute Gasteiger partial charge is 0.0700 e. The van der Waals surface area contributed by atoms with E-state index < -0.39 is 0 Å². The molecule has 2 N–H and O–H groups in total. The molecule has 0 aliphatic carbocycles. The molecule has 0 spiro atoms. The van der Waals surface area contributed by atoms with Crippen LogP contribution in [0.4, 0.5) is 0 Å². The molecule has 3 nitrogen and oxygen atoms in total. The molecule has 0 amide bonds. The number of nitrogens with one attached hydrogen (secondary N) is 2. The highest BCUT2D eigenvalue weighted by molar-refractivity contribution is 4.77. The van der Waals surface area contributed by atoms with Crippen LogP contribution in [0.15, 0.2) is 0 Å². The Kier molecular flexibility index (Phi) is 5.75. The summed E-state index contributed by atoms with van der Waals surface area (Å²) in [6.07, 6.45) is 9.72. The predicted molar refractivity (Wildman–Crippen MR) is 71.3 cm³/mol. The molecule has 0 saturated carbocycles. The number of ether oxygens (including phenoxy) is 1. The average Bonchev–Trinajstić information content (AvgIpc) is 2.72. The quantitative estimate of drug-likeness (QED) is 0.772. The minimum Gasteiger partial charge on any atom is -0.377 e. The Morgan fingerprint density at radius 1 is 1.24 bits per heavy atom. The molecule has 0 aromatic heterocycles. The number of rotatable bonds is 5. The second-order valence-electron chi connectivity index (χ2n) is 5.68. The molecule has 2 saturated heterocycles. The van der Waals surface area contributed by atoms with E-state index in [4.69, 9.17) is 4.74 Å². The Balaban J connectivity index is 1.59. The van der Waals surface area contributed by atoms with E-state index in [-0.39, 0.29) is 0 Å². The molecule has 0 aromatic carbocycles. The van der Waals surface area contributed by atoms with Gasteiger partial charge in [0.15, 0.2) is 0 Å². The summed E-state index contributed by atoms with van der Waals surface area (Å²) in [6.45, 7) is 5.52. The van der Waals surface area contributed by atoms with E-state index in [1.54, 1.807) is 0 Å². The third-order valence-electron chi connectivity index (χ3n) is 4.02. The molecular weight excluding hydrogens is 212 g/mol. The summed E-state index contributed by atoms with van der Waals surface area (Å²) in [4.78, 5) is 0. The molecule has 0 bridgehead atoms. The van der Waals surface area contributed by atoms with Gasteiger partial charge in [-0.3, -0.25) is 0 Å². The van der Waals surface area contributed by atoms with Crippen LogP contribution in [0.3, 0.4) is 0 Å². The van der Waals surface area contributed by atoms with Crippen molar-refractivity contribution in [2.24, 2.45) is 0 Å². The molecule has 3 heteroatoms. The SMILES string of the molecule is CC(CC1CCCCCN1)NCC1CCCO1. The molecule has 2 heterocycles. The van der Waals surface area contributed by atoms with Gasteiger partial charge in [0, 0.05) is 25.2 Å². The summed E-state index contributed by atoms with van der Waals surface area (Å²) in [6, 6.07) is 1.33. The summed E-state index contributed by atoms with van der Waals surface area (Å²) >= 11 is 0. The van der Waals surface area contributed by atoms with Crippen molar-refractivity contribution in [2.75, 3.05) is 19.7 Å². The first-order valence-electron chi connectivity index (χ1n) is 7.43. The lowest BCUT2D eigenvalue weighted by Crippen LogP contribution is -2.39. The van der Waals surface area contributed by atoms with E-state index in [9.17, 15) is 0 Å². The van der Waals surface area contributed by atoms with Gasteiger partial charge < -0.3 is 15.4 Å². The lowest BCUT2D eigenvalue weighted by atomic mass is 10.0. The van der Waals surface area contributed by atoms with Crippen molar-refractivity contribution in [3.8, 4) is 0 Å². The molecule has 2 fully saturated rings. The van der Waals surface area contributed by atoms with Crippen molar-refractivity contribution in [1.82, 2.24) is 10.6 Å². The van der Waals surface area contributed by atoms with Crippen molar-refractivity contribution in [3.05, 3.63) is 0 Å². The van der Waals surface area contributed by atoms with Gasteiger partial charge in [-0.25, -0.2) is 0 Å². The summed E-state index contributed by atoms with van der Waals surface area (Å²) in [5.41, 5.74) is 0. The molecule has 2 rings (SSSR count). The second-order valence-corrected chi connectivity index (χ2v) is 5.68. The van der Waals surface area contributed by atoms with Gasteiger partial charge >= 0.3 is 0 Å². The van der Waals surface area contributed by atoms with Crippen molar-refractivity contribution in [1.29, 1.82) is 0 Å². The van der Waals surface area contributed by atoms with Crippen LogP contribution >= 0.6 is 0 Å². The van der Waals surface area contributed by atoms with Gasteiger partial charge in [0.2, 0.25) is 0 Å². The number of hydrogen-bond acceptors (Lipinski definition) is 3. The van der Waals surface area contributed by atoms with Crippen LogP contribution in [-0.2, 0) is 4.74 Å². The fraction of sp³-hybridized carbons (Fsp3) is 1.00. The molecule has 3 unspecified atom stereocenters. The van der Waals surface area contributed by atoms with Gasteiger partial charge in [0.1, 0.15) is 0 Å². The average molecular weight is 240 g/mol. The lowest BCUT2D eigenvalue weighted by molar-refractivity contribution is 0.107. The second kappa shape index (κ2) is 7.34. The van der Waals surface area contributed by atoms with Crippen LogP contribution in [0.5, 0.6) is 0 Å². The molecule has 0 aromatic rings.